The summed E-state index contributed by atoms with van der Waals surface area (Å²) in [5, 5.41) is 5.44. The van der Waals surface area contributed by atoms with Crippen molar-refractivity contribution >= 4 is 46.4 Å². The highest BCUT2D eigenvalue weighted by Crippen LogP contribution is 2.28. The molecule has 0 radical (unpaired) electrons. The molecule has 1 heterocycles. The molecule has 1 N–H and O–H groups in total. The molecule has 2 atom stereocenters. The van der Waals surface area contributed by atoms with Crippen molar-refractivity contribution < 1.29 is 19.1 Å². The van der Waals surface area contributed by atoms with Crippen LogP contribution < -0.4 is 10.1 Å². The van der Waals surface area contributed by atoms with E-state index in [1.54, 1.807) is 23.5 Å². The molecule has 0 unspecified atom stereocenters. The second-order valence-electron chi connectivity index (χ2n) is 5.25. The summed E-state index contributed by atoms with van der Waals surface area (Å²) in [4.78, 5) is 24.8. The van der Waals surface area contributed by atoms with E-state index in [9.17, 15) is 9.59 Å². The van der Waals surface area contributed by atoms with Crippen LogP contribution in [0.1, 0.15) is 24.8 Å². The standard InChI is InChI=1S/C17H17Cl2NO4S/c1-10(15-4-3-7-25-15)20-16(21)9-23-17(22)11(2)24-14-6-5-12(18)8-13(14)19/h3-8,10-11H,9H2,1-2H3,(H,20,21)/t10-,11+/m1/s1. The number of nitrogens with one attached hydrogen (secondary N) is 1. The van der Waals surface area contributed by atoms with Crippen LogP contribution in [0.2, 0.25) is 10.0 Å². The topological polar surface area (TPSA) is 64.6 Å². The first-order chi connectivity index (χ1) is 11.9. The number of hydrogen-bond donors (Lipinski definition) is 1. The van der Waals surface area contributed by atoms with E-state index in [1.807, 2.05) is 24.4 Å². The van der Waals surface area contributed by atoms with Gasteiger partial charge in [-0.1, -0.05) is 29.3 Å². The van der Waals surface area contributed by atoms with Crippen LogP contribution in [-0.2, 0) is 14.3 Å². The van der Waals surface area contributed by atoms with E-state index in [4.69, 9.17) is 32.7 Å². The number of amides is 1. The summed E-state index contributed by atoms with van der Waals surface area (Å²) >= 11 is 13.3. The Labute approximate surface area is 159 Å². The summed E-state index contributed by atoms with van der Waals surface area (Å²) in [7, 11) is 0. The normalized spacial score (nSPS) is 13.0. The van der Waals surface area contributed by atoms with Gasteiger partial charge in [0, 0.05) is 9.90 Å². The molecule has 0 aliphatic carbocycles. The zero-order valence-electron chi connectivity index (χ0n) is 13.6. The van der Waals surface area contributed by atoms with Gasteiger partial charge in [-0.25, -0.2) is 4.79 Å². The molecule has 1 aromatic heterocycles. The van der Waals surface area contributed by atoms with Crippen LogP contribution in [0.15, 0.2) is 35.7 Å². The van der Waals surface area contributed by atoms with Gasteiger partial charge in [-0.15, -0.1) is 11.3 Å². The number of hydrogen-bond acceptors (Lipinski definition) is 5. The number of halogens is 2. The minimum Gasteiger partial charge on any atom is -0.477 e. The SMILES string of the molecule is C[C@H](Oc1ccc(Cl)cc1Cl)C(=O)OCC(=O)N[C@H](C)c1cccs1. The molecule has 2 aromatic rings. The first-order valence-electron chi connectivity index (χ1n) is 7.48. The van der Waals surface area contributed by atoms with E-state index < -0.39 is 12.1 Å². The molecule has 0 aliphatic rings. The second-order valence-corrected chi connectivity index (χ2v) is 7.07. The van der Waals surface area contributed by atoms with Gasteiger partial charge in [-0.05, 0) is 43.5 Å². The Bertz CT molecular complexity index is 736. The predicted molar refractivity (Wildman–Crippen MR) is 98.4 cm³/mol. The van der Waals surface area contributed by atoms with Gasteiger partial charge >= 0.3 is 5.97 Å². The average Bonchev–Trinajstić information content (AvgIpc) is 3.09. The van der Waals surface area contributed by atoms with Crippen LogP contribution in [0.4, 0.5) is 0 Å². The van der Waals surface area contributed by atoms with Gasteiger partial charge in [-0.3, -0.25) is 4.79 Å². The Morgan fingerprint density at radius 3 is 2.64 bits per heavy atom. The van der Waals surface area contributed by atoms with E-state index in [-0.39, 0.29) is 23.6 Å². The van der Waals surface area contributed by atoms with E-state index >= 15 is 0 Å². The van der Waals surface area contributed by atoms with E-state index in [0.29, 0.717) is 10.8 Å². The Balaban J connectivity index is 1.79. The molecule has 1 aromatic carbocycles. The van der Waals surface area contributed by atoms with Gasteiger partial charge in [0.25, 0.3) is 5.91 Å². The van der Waals surface area contributed by atoms with Crippen LogP contribution in [0.5, 0.6) is 5.75 Å². The lowest BCUT2D eigenvalue weighted by Gasteiger charge is -2.16. The highest BCUT2D eigenvalue weighted by molar-refractivity contribution is 7.10. The molecule has 0 bridgehead atoms. The zero-order chi connectivity index (χ0) is 18.4. The lowest BCUT2D eigenvalue weighted by atomic mass is 10.3. The monoisotopic (exact) mass is 401 g/mol. The first-order valence-corrected chi connectivity index (χ1v) is 9.11. The lowest BCUT2D eigenvalue weighted by molar-refractivity contribution is -0.154. The number of benzene rings is 1. The minimum atomic E-state index is -0.916. The van der Waals surface area contributed by atoms with Gasteiger partial charge in [0.1, 0.15) is 5.75 Å². The van der Waals surface area contributed by atoms with Crippen molar-refractivity contribution in [1.29, 1.82) is 0 Å². The Morgan fingerprint density at radius 2 is 2.00 bits per heavy atom. The van der Waals surface area contributed by atoms with Crippen molar-refractivity contribution in [3.63, 3.8) is 0 Å². The maximum atomic E-state index is 12.0. The van der Waals surface area contributed by atoms with E-state index in [1.165, 1.54) is 13.0 Å². The van der Waals surface area contributed by atoms with Crippen LogP contribution in [-0.4, -0.2) is 24.6 Å². The van der Waals surface area contributed by atoms with Crippen LogP contribution in [0.25, 0.3) is 0 Å². The third-order valence-corrected chi connectivity index (χ3v) is 4.81. The van der Waals surface area contributed by atoms with E-state index in [0.717, 1.165) is 4.88 Å². The minimum absolute atomic E-state index is 0.146. The number of rotatable bonds is 7. The Hall–Kier alpha value is -1.76. The van der Waals surface area contributed by atoms with Crippen molar-refractivity contribution in [3.05, 3.63) is 50.6 Å². The summed E-state index contributed by atoms with van der Waals surface area (Å²) in [6.07, 6.45) is -0.916. The third kappa shape index (κ3) is 5.92. The maximum Gasteiger partial charge on any atom is 0.347 e. The number of esters is 1. The van der Waals surface area contributed by atoms with Crippen LogP contribution >= 0.6 is 34.5 Å². The Kier molecular flexibility index (Phi) is 7.11. The van der Waals surface area contributed by atoms with Gasteiger partial charge in [0.05, 0.1) is 11.1 Å². The largest absolute Gasteiger partial charge is 0.477 e. The number of ether oxygens (including phenoxy) is 2. The lowest BCUT2D eigenvalue weighted by Crippen LogP contribution is -2.34. The van der Waals surface area contributed by atoms with Crippen molar-refractivity contribution in [2.24, 2.45) is 0 Å². The molecule has 1 amide bonds. The van der Waals surface area contributed by atoms with Crippen molar-refractivity contribution in [3.8, 4) is 5.75 Å². The maximum absolute atomic E-state index is 12.0. The van der Waals surface area contributed by atoms with Gasteiger partial charge in [-0.2, -0.15) is 0 Å². The summed E-state index contributed by atoms with van der Waals surface area (Å²) in [5.41, 5.74) is 0. The summed E-state index contributed by atoms with van der Waals surface area (Å²) in [6, 6.07) is 8.35. The number of carbonyl (C=O) groups excluding carboxylic acids is 2. The summed E-state index contributed by atoms with van der Waals surface area (Å²) in [5.74, 6) is -0.734. The summed E-state index contributed by atoms with van der Waals surface area (Å²) < 4.78 is 10.4. The summed E-state index contributed by atoms with van der Waals surface area (Å²) in [6.45, 7) is 3.00. The molecule has 0 saturated carbocycles. The molecule has 0 spiro atoms. The average molecular weight is 402 g/mol. The molecule has 0 aliphatic heterocycles. The number of carbonyl (C=O) groups is 2. The second kappa shape index (κ2) is 9.08. The van der Waals surface area contributed by atoms with Gasteiger partial charge in [0.2, 0.25) is 0 Å². The van der Waals surface area contributed by atoms with Crippen molar-refractivity contribution in [2.75, 3.05) is 6.61 Å². The molecule has 134 valence electrons. The third-order valence-electron chi connectivity index (χ3n) is 3.22. The molecule has 5 nitrogen and oxygen atoms in total. The highest BCUT2D eigenvalue weighted by Gasteiger charge is 2.20. The van der Waals surface area contributed by atoms with Gasteiger partial charge < -0.3 is 14.8 Å². The molecular formula is C17H17Cl2NO4S. The number of thiophene rings is 1. The molecule has 25 heavy (non-hydrogen) atoms. The van der Waals surface area contributed by atoms with Crippen molar-refractivity contribution in [1.82, 2.24) is 5.32 Å². The fourth-order valence-electron chi connectivity index (χ4n) is 1.96. The quantitative estimate of drug-likeness (QED) is 0.704. The smallest absolute Gasteiger partial charge is 0.347 e. The van der Waals surface area contributed by atoms with E-state index in [2.05, 4.69) is 5.32 Å². The van der Waals surface area contributed by atoms with Crippen LogP contribution in [0.3, 0.4) is 0 Å². The Morgan fingerprint density at radius 1 is 1.24 bits per heavy atom. The molecule has 0 fully saturated rings. The van der Waals surface area contributed by atoms with Gasteiger partial charge in [0.15, 0.2) is 12.7 Å². The fourth-order valence-corrected chi connectivity index (χ4v) is 3.14. The molecule has 0 saturated heterocycles. The molecule has 8 heteroatoms. The van der Waals surface area contributed by atoms with Crippen LogP contribution in [0, 0.1) is 0 Å². The molecular weight excluding hydrogens is 385 g/mol. The fraction of sp³-hybridized carbons (Fsp3) is 0.294. The molecule has 2 rings (SSSR count). The first kappa shape index (κ1) is 19.6. The highest BCUT2D eigenvalue weighted by atomic mass is 35.5. The zero-order valence-corrected chi connectivity index (χ0v) is 16.0. The predicted octanol–water partition coefficient (Wildman–Crippen LogP) is 4.24. The van der Waals surface area contributed by atoms with Crippen molar-refractivity contribution in [2.45, 2.75) is 26.0 Å².